The first-order valence-electron chi connectivity index (χ1n) is 4.10. The molecule has 0 heterocycles. The summed E-state index contributed by atoms with van der Waals surface area (Å²) < 4.78 is 0. The Labute approximate surface area is 77.2 Å². The van der Waals surface area contributed by atoms with Gasteiger partial charge in [0.25, 0.3) is 0 Å². The zero-order valence-electron chi connectivity index (χ0n) is 7.53. The molecule has 0 aliphatic carbocycles. The molecule has 0 saturated carbocycles. The minimum absolute atomic E-state index is 0.104. The summed E-state index contributed by atoms with van der Waals surface area (Å²) in [6.45, 7) is 1.73. The maximum Gasteiger partial charge on any atom is 0.315 e. The number of rotatable bonds is 3. The molecule has 0 fully saturated rings. The molecule has 1 rings (SSSR count). The molecule has 0 bridgehead atoms. The van der Waals surface area contributed by atoms with Crippen LogP contribution in [0.4, 0.5) is 0 Å². The topological polar surface area (TPSA) is 63.3 Å². The normalized spacial score (nSPS) is 14.9. The van der Waals surface area contributed by atoms with Crippen molar-refractivity contribution in [3.8, 4) is 0 Å². The van der Waals surface area contributed by atoms with Crippen molar-refractivity contribution >= 4 is 5.97 Å². The highest BCUT2D eigenvalue weighted by Crippen LogP contribution is 2.22. The predicted octanol–water partition coefficient (Wildman–Crippen LogP) is 0.988. The lowest BCUT2D eigenvalue weighted by molar-refractivity contribution is -0.142. The molecule has 1 aromatic rings. The molecule has 0 saturated heterocycles. The molecule has 3 nitrogen and oxygen atoms in total. The molecule has 0 aliphatic rings. The van der Waals surface area contributed by atoms with Crippen LogP contribution in [-0.2, 0) is 10.2 Å². The van der Waals surface area contributed by atoms with Crippen LogP contribution in [0.3, 0.4) is 0 Å². The van der Waals surface area contributed by atoms with E-state index in [1.54, 1.807) is 19.1 Å². The van der Waals surface area contributed by atoms with Crippen molar-refractivity contribution in [1.29, 1.82) is 0 Å². The highest BCUT2D eigenvalue weighted by molar-refractivity contribution is 5.81. The summed E-state index contributed by atoms with van der Waals surface area (Å²) in [6, 6.07) is 9.03. The van der Waals surface area contributed by atoms with Gasteiger partial charge in [0.2, 0.25) is 0 Å². The molecule has 3 heteroatoms. The van der Waals surface area contributed by atoms with Gasteiger partial charge in [-0.1, -0.05) is 30.3 Å². The number of aliphatic carboxylic acids is 1. The molecule has 3 N–H and O–H groups in total. The molecular formula is C10H13NO2. The van der Waals surface area contributed by atoms with Crippen molar-refractivity contribution < 1.29 is 9.90 Å². The van der Waals surface area contributed by atoms with Gasteiger partial charge in [-0.05, 0) is 12.5 Å². The molecule has 0 spiro atoms. The van der Waals surface area contributed by atoms with Gasteiger partial charge in [0.05, 0.1) is 0 Å². The number of hydrogen-bond acceptors (Lipinski definition) is 2. The average Bonchev–Trinajstić information content (AvgIpc) is 2.17. The van der Waals surface area contributed by atoms with Gasteiger partial charge < -0.3 is 10.8 Å². The molecule has 1 atom stereocenters. The second-order valence-corrected chi connectivity index (χ2v) is 3.21. The van der Waals surface area contributed by atoms with E-state index >= 15 is 0 Å². The van der Waals surface area contributed by atoms with E-state index in [0.29, 0.717) is 0 Å². The zero-order chi connectivity index (χ0) is 9.90. The van der Waals surface area contributed by atoms with Crippen LogP contribution in [0, 0.1) is 0 Å². The zero-order valence-corrected chi connectivity index (χ0v) is 7.53. The summed E-state index contributed by atoms with van der Waals surface area (Å²) in [5.41, 5.74) is 5.23. The summed E-state index contributed by atoms with van der Waals surface area (Å²) >= 11 is 0. The number of carbonyl (C=O) groups is 1. The van der Waals surface area contributed by atoms with Gasteiger partial charge in [-0.3, -0.25) is 4.79 Å². The van der Waals surface area contributed by atoms with Crippen LogP contribution in [0.2, 0.25) is 0 Å². The van der Waals surface area contributed by atoms with Crippen LogP contribution in [0.1, 0.15) is 12.5 Å². The quantitative estimate of drug-likeness (QED) is 0.727. The lowest BCUT2D eigenvalue weighted by atomic mass is 9.83. The van der Waals surface area contributed by atoms with Crippen molar-refractivity contribution in [2.75, 3.05) is 6.54 Å². The van der Waals surface area contributed by atoms with E-state index in [9.17, 15) is 4.79 Å². The third-order valence-corrected chi connectivity index (χ3v) is 2.29. The van der Waals surface area contributed by atoms with Gasteiger partial charge in [0.1, 0.15) is 5.41 Å². The molecule has 13 heavy (non-hydrogen) atoms. The van der Waals surface area contributed by atoms with Crippen LogP contribution >= 0.6 is 0 Å². The number of nitrogens with two attached hydrogens (primary N) is 1. The van der Waals surface area contributed by atoms with E-state index in [0.717, 1.165) is 5.56 Å². The van der Waals surface area contributed by atoms with E-state index in [2.05, 4.69) is 0 Å². The number of carboxylic acids is 1. The number of hydrogen-bond donors (Lipinski definition) is 2. The fraction of sp³-hybridized carbons (Fsp3) is 0.300. The predicted molar refractivity (Wildman–Crippen MR) is 50.5 cm³/mol. The van der Waals surface area contributed by atoms with Gasteiger partial charge >= 0.3 is 5.97 Å². The Morgan fingerprint density at radius 2 is 2.00 bits per heavy atom. The first-order valence-corrected chi connectivity index (χ1v) is 4.10. The smallest absolute Gasteiger partial charge is 0.315 e. The second-order valence-electron chi connectivity index (χ2n) is 3.21. The highest BCUT2D eigenvalue weighted by Gasteiger charge is 2.33. The number of benzene rings is 1. The maximum atomic E-state index is 11.0. The average molecular weight is 179 g/mol. The van der Waals surface area contributed by atoms with Crippen LogP contribution in [0.5, 0.6) is 0 Å². The fourth-order valence-electron chi connectivity index (χ4n) is 1.13. The van der Waals surface area contributed by atoms with Crippen LogP contribution < -0.4 is 5.73 Å². The molecule has 0 radical (unpaired) electrons. The number of carboxylic acid groups (broad SMARTS) is 1. The van der Waals surface area contributed by atoms with Crippen LogP contribution in [0.15, 0.2) is 30.3 Å². The molecule has 0 aliphatic heterocycles. The summed E-state index contributed by atoms with van der Waals surface area (Å²) in [5, 5.41) is 9.01. The SMILES string of the molecule is C[C@](CN)(C(=O)O)c1ccccc1. The minimum atomic E-state index is -0.971. The first-order chi connectivity index (χ1) is 6.11. The van der Waals surface area contributed by atoms with E-state index in [-0.39, 0.29) is 6.54 Å². The van der Waals surface area contributed by atoms with E-state index in [1.807, 2.05) is 18.2 Å². The Hall–Kier alpha value is -1.35. The Bertz CT molecular complexity index is 297. The molecular weight excluding hydrogens is 166 g/mol. The van der Waals surface area contributed by atoms with E-state index in [4.69, 9.17) is 10.8 Å². The van der Waals surface area contributed by atoms with Gasteiger partial charge in [-0.25, -0.2) is 0 Å². The van der Waals surface area contributed by atoms with Crippen molar-refractivity contribution in [1.82, 2.24) is 0 Å². The van der Waals surface area contributed by atoms with Crippen molar-refractivity contribution in [3.05, 3.63) is 35.9 Å². The van der Waals surface area contributed by atoms with Crippen LogP contribution in [0.25, 0.3) is 0 Å². The van der Waals surface area contributed by atoms with Gasteiger partial charge in [0.15, 0.2) is 0 Å². The molecule has 0 amide bonds. The van der Waals surface area contributed by atoms with E-state index in [1.165, 1.54) is 0 Å². The monoisotopic (exact) mass is 179 g/mol. The fourth-order valence-corrected chi connectivity index (χ4v) is 1.13. The second kappa shape index (κ2) is 3.58. The Balaban J connectivity index is 3.11. The van der Waals surface area contributed by atoms with Crippen molar-refractivity contribution in [3.63, 3.8) is 0 Å². The molecule has 0 unspecified atom stereocenters. The van der Waals surface area contributed by atoms with Gasteiger partial charge in [-0.2, -0.15) is 0 Å². The Morgan fingerprint density at radius 3 is 2.38 bits per heavy atom. The Kier molecular flexibility index (Phi) is 2.68. The largest absolute Gasteiger partial charge is 0.481 e. The van der Waals surface area contributed by atoms with Crippen molar-refractivity contribution in [2.45, 2.75) is 12.3 Å². The Morgan fingerprint density at radius 1 is 1.46 bits per heavy atom. The highest BCUT2D eigenvalue weighted by atomic mass is 16.4. The lowest BCUT2D eigenvalue weighted by Gasteiger charge is -2.22. The van der Waals surface area contributed by atoms with Gasteiger partial charge in [0, 0.05) is 6.54 Å². The first kappa shape index (κ1) is 9.74. The van der Waals surface area contributed by atoms with Crippen molar-refractivity contribution in [2.24, 2.45) is 5.73 Å². The summed E-state index contributed by atoms with van der Waals surface area (Å²) in [7, 11) is 0. The lowest BCUT2D eigenvalue weighted by Crippen LogP contribution is -2.39. The summed E-state index contributed by atoms with van der Waals surface area (Å²) in [5.74, 6) is -0.888. The molecule has 0 aromatic heterocycles. The minimum Gasteiger partial charge on any atom is -0.481 e. The summed E-state index contributed by atoms with van der Waals surface area (Å²) in [4.78, 5) is 11.0. The third kappa shape index (κ3) is 1.70. The van der Waals surface area contributed by atoms with E-state index < -0.39 is 11.4 Å². The molecule has 70 valence electrons. The molecule has 1 aromatic carbocycles. The van der Waals surface area contributed by atoms with Crippen LogP contribution in [-0.4, -0.2) is 17.6 Å². The standard InChI is InChI=1S/C10H13NO2/c1-10(7-11,9(12)13)8-5-3-2-4-6-8/h2-6H,7,11H2,1H3,(H,12,13)/t10-/m1/s1. The third-order valence-electron chi connectivity index (χ3n) is 2.29. The van der Waals surface area contributed by atoms with Gasteiger partial charge in [-0.15, -0.1) is 0 Å². The maximum absolute atomic E-state index is 11.0. The summed E-state index contributed by atoms with van der Waals surface area (Å²) in [6.07, 6.45) is 0.